The van der Waals surface area contributed by atoms with Gasteiger partial charge in [0.05, 0.1) is 17.7 Å². The highest BCUT2D eigenvalue weighted by Crippen LogP contribution is 2.42. The Bertz CT molecular complexity index is 997. The molecule has 180 valence electrons. The van der Waals surface area contributed by atoms with Gasteiger partial charge in [-0.1, -0.05) is 26.2 Å². The fourth-order valence-corrected chi connectivity index (χ4v) is 5.61. The molecule has 0 amide bonds. The van der Waals surface area contributed by atoms with Crippen molar-refractivity contribution in [1.82, 2.24) is 0 Å². The number of esters is 1. The number of rotatable bonds is 7. The van der Waals surface area contributed by atoms with Crippen molar-refractivity contribution in [1.29, 1.82) is 5.26 Å². The molecule has 2 saturated carbocycles. The quantitative estimate of drug-likeness (QED) is 0.319. The van der Waals surface area contributed by atoms with Gasteiger partial charge in [0.25, 0.3) is 0 Å². The van der Waals surface area contributed by atoms with Crippen LogP contribution in [0.5, 0.6) is 11.5 Å². The lowest BCUT2D eigenvalue weighted by molar-refractivity contribution is 0.0734. The van der Waals surface area contributed by atoms with E-state index in [1.807, 2.05) is 0 Å². The zero-order chi connectivity index (χ0) is 23.9. The van der Waals surface area contributed by atoms with Crippen LogP contribution in [0.1, 0.15) is 80.6 Å². The van der Waals surface area contributed by atoms with E-state index >= 15 is 0 Å². The number of nitrogens with zero attached hydrogens (tertiary/aromatic N) is 1. The molecule has 2 aromatic carbocycles. The van der Waals surface area contributed by atoms with E-state index in [1.54, 1.807) is 30.3 Å². The van der Waals surface area contributed by atoms with E-state index in [-0.39, 0.29) is 11.3 Å². The van der Waals surface area contributed by atoms with Crippen LogP contribution in [0.4, 0.5) is 4.39 Å². The Morgan fingerprint density at radius 3 is 2.06 bits per heavy atom. The Labute approximate surface area is 202 Å². The molecule has 4 nitrogen and oxygen atoms in total. The normalized spacial score (nSPS) is 24.7. The largest absolute Gasteiger partial charge is 0.493 e. The topological polar surface area (TPSA) is 59.3 Å². The van der Waals surface area contributed by atoms with Crippen LogP contribution in [0.2, 0.25) is 0 Å². The molecular formula is C29H34FNO3. The van der Waals surface area contributed by atoms with E-state index in [0.29, 0.717) is 18.1 Å². The number of carbonyl (C=O) groups excluding carboxylic acids is 1. The predicted molar refractivity (Wildman–Crippen MR) is 129 cm³/mol. The summed E-state index contributed by atoms with van der Waals surface area (Å²) in [4.78, 5) is 12.3. The maximum Gasteiger partial charge on any atom is 0.343 e. The molecule has 0 unspecified atom stereocenters. The highest BCUT2D eigenvalue weighted by molar-refractivity contribution is 5.91. The summed E-state index contributed by atoms with van der Waals surface area (Å²) in [6.07, 6.45) is 12.2. The Morgan fingerprint density at radius 2 is 1.50 bits per heavy atom. The van der Waals surface area contributed by atoms with Crippen molar-refractivity contribution in [2.24, 2.45) is 23.7 Å². The molecule has 0 radical (unpaired) electrons. The van der Waals surface area contributed by atoms with Crippen LogP contribution in [-0.4, -0.2) is 12.6 Å². The summed E-state index contributed by atoms with van der Waals surface area (Å²) in [5.41, 5.74) is 0.268. The molecule has 2 aliphatic rings. The molecular weight excluding hydrogens is 429 g/mol. The van der Waals surface area contributed by atoms with Gasteiger partial charge in [0.1, 0.15) is 23.4 Å². The molecule has 0 heterocycles. The van der Waals surface area contributed by atoms with Crippen LogP contribution in [0.15, 0.2) is 42.5 Å². The molecule has 4 rings (SSSR count). The molecule has 0 aliphatic heterocycles. The minimum atomic E-state index is -0.713. The fourth-order valence-electron chi connectivity index (χ4n) is 5.61. The average Bonchev–Trinajstić information content (AvgIpc) is 2.88. The van der Waals surface area contributed by atoms with Gasteiger partial charge in [0.15, 0.2) is 0 Å². The third-order valence-electron chi connectivity index (χ3n) is 7.87. The van der Waals surface area contributed by atoms with Gasteiger partial charge in [0, 0.05) is 6.07 Å². The minimum Gasteiger partial charge on any atom is -0.493 e. The molecule has 34 heavy (non-hydrogen) atoms. The van der Waals surface area contributed by atoms with Crippen LogP contribution in [0.25, 0.3) is 0 Å². The standard InChI is InChI=1S/C29H34FNO3/c1-2-20-3-7-22(8-4-20)23-9-5-21(6-10-23)19-33-26-14-11-24(12-15-26)29(32)34-27-16-13-25(18-31)28(30)17-27/h11-17,20-23H,2-10,19H2,1H3. The number of hydrogen-bond acceptors (Lipinski definition) is 4. The second kappa shape index (κ2) is 11.5. The van der Waals surface area contributed by atoms with E-state index in [9.17, 15) is 9.18 Å². The first-order chi connectivity index (χ1) is 16.6. The van der Waals surface area contributed by atoms with Crippen LogP contribution in [0, 0.1) is 40.8 Å². The zero-order valence-electron chi connectivity index (χ0n) is 20.0. The number of ether oxygens (including phenoxy) is 2. The zero-order valence-corrected chi connectivity index (χ0v) is 20.0. The van der Waals surface area contributed by atoms with Crippen LogP contribution >= 0.6 is 0 Å². The van der Waals surface area contributed by atoms with Crippen molar-refractivity contribution in [3.8, 4) is 17.6 Å². The lowest BCUT2D eigenvalue weighted by Gasteiger charge is -2.37. The van der Waals surface area contributed by atoms with Crippen molar-refractivity contribution in [2.75, 3.05) is 6.61 Å². The molecule has 0 bridgehead atoms. The van der Waals surface area contributed by atoms with Gasteiger partial charge in [0.2, 0.25) is 0 Å². The van der Waals surface area contributed by atoms with Gasteiger partial charge in [-0.15, -0.1) is 0 Å². The Kier molecular flexibility index (Phi) is 8.21. The number of carbonyl (C=O) groups is 1. The van der Waals surface area contributed by atoms with Crippen molar-refractivity contribution < 1.29 is 18.7 Å². The van der Waals surface area contributed by atoms with Crippen molar-refractivity contribution in [3.63, 3.8) is 0 Å². The molecule has 5 heteroatoms. The van der Waals surface area contributed by atoms with Gasteiger partial charge in [-0.05, 0) is 98.6 Å². The number of halogens is 1. The molecule has 0 N–H and O–H groups in total. The molecule has 2 fully saturated rings. The highest BCUT2D eigenvalue weighted by Gasteiger charge is 2.30. The summed E-state index contributed by atoms with van der Waals surface area (Å²) >= 11 is 0. The summed E-state index contributed by atoms with van der Waals surface area (Å²) < 4.78 is 24.9. The molecule has 2 aliphatic carbocycles. The first kappa shape index (κ1) is 24.3. The third kappa shape index (κ3) is 6.17. The number of hydrogen-bond donors (Lipinski definition) is 0. The molecule has 0 atom stereocenters. The first-order valence-electron chi connectivity index (χ1n) is 12.7. The van der Waals surface area contributed by atoms with Crippen molar-refractivity contribution in [2.45, 2.75) is 64.7 Å². The summed E-state index contributed by atoms with van der Waals surface area (Å²) in [5, 5.41) is 8.79. The van der Waals surface area contributed by atoms with E-state index in [4.69, 9.17) is 14.7 Å². The maximum absolute atomic E-state index is 13.7. The van der Waals surface area contributed by atoms with Gasteiger partial charge in [-0.2, -0.15) is 5.26 Å². The van der Waals surface area contributed by atoms with Gasteiger partial charge < -0.3 is 9.47 Å². The van der Waals surface area contributed by atoms with E-state index < -0.39 is 11.8 Å². The lowest BCUT2D eigenvalue weighted by Crippen LogP contribution is -2.27. The van der Waals surface area contributed by atoms with Crippen molar-refractivity contribution in [3.05, 3.63) is 59.4 Å². The summed E-state index contributed by atoms with van der Waals surface area (Å²) in [7, 11) is 0. The van der Waals surface area contributed by atoms with Crippen molar-refractivity contribution >= 4 is 5.97 Å². The lowest BCUT2D eigenvalue weighted by atomic mass is 9.69. The first-order valence-corrected chi connectivity index (χ1v) is 12.7. The van der Waals surface area contributed by atoms with E-state index in [1.165, 1.54) is 69.9 Å². The highest BCUT2D eigenvalue weighted by atomic mass is 19.1. The van der Waals surface area contributed by atoms with E-state index in [0.717, 1.165) is 29.6 Å². The summed E-state index contributed by atoms with van der Waals surface area (Å²) in [6, 6.07) is 12.3. The van der Waals surface area contributed by atoms with Gasteiger partial charge >= 0.3 is 5.97 Å². The minimum absolute atomic E-state index is 0.0656. The second-order valence-electron chi connectivity index (χ2n) is 9.95. The second-order valence-corrected chi connectivity index (χ2v) is 9.95. The van der Waals surface area contributed by atoms with Crippen LogP contribution < -0.4 is 9.47 Å². The van der Waals surface area contributed by atoms with E-state index in [2.05, 4.69) is 6.92 Å². The van der Waals surface area contributed by atoms with Crippen LogP contribution in [-0.2, 0) is 0 Å². The molecule has 0 aromatic heterocycles. The van der Waals surface area contributed by atoms with Crippen LogP contribution in [0.3, 0.4) is 0 Å². The summed E-state index contributed by atoms with van der Waals surface area (Å²) in [5.74, 6) is 2.92. The third-order valence-corrected chi connectivity index (χ3v) is 7.87. The molecule has 0 saturated heterocycles. The van der Waals surface area contributed by atoms with Gasteiger partial charge in [-0.3, -0.25) is 0 Å². The Morgan fingerprint density at radius 1 is 0.912 bits per heavy atom. The Hall–Kier alpha value is -2.87. The number of benzene rings is 2. The number of nitriles is 1. The average molecular weight is 464 g/mol. The SMILES string of the molecule is CCC1CCC(C2CCC(COc3ccc(C(=O)Oc4ccc(C#N)c(F)c4)cc3)CC2)CC1. The molecule has 2 aromatic rings. The van der Waals surface area contributed by atoms with Gasteiger partial charge in [-0.25, -0.2) is 9.18 Å². The monoisotopic (exact) mass is 463 g/mol. The Balaban J connectivity index is 1.20. The predicted octanol–water partition coefficient (Wildman–Crippen LogP) is 7.32. The molecule has 0 spiro atoms. The maximum atomic E-state index is 13.7. The summed E-state index contributed by atoms with van der Waals surface area (Å²) in [6.45, 7) is 3.04. The fraction of sp³-hybridized carbons (Fsp3) is 0.517. The smallest absolute Gasteiger partial charge is 0.343 e.